The van der Waals surface area contributed by atoms with E-state index in [0.29, 0.717) is 12.5 Å². The van der Waals surface area contributed by atoms with Crippen molar-refractivity contribution in [1.82, 2.24) is 5.48 Å². The molecule has 0 bridgehead atoms. The van der Waals surface area contributed by atoms with Gasteiger partial charge in [0.1, 0.15) is 0 Å². The molecule has 4 heteroatoms. The molecule has 86 valence electrons. The number of hydrogen-bond acceptors (Lipinski definition) is 3. The molecule has 0 radical (unpaired) electrons. The maximum absolute atomic E-state index is 5.62. The van der Waals surface area contributed by atoms with Gasteiger partial charge in [0.05, 0.1) is 18.8 Å². The highest BCUT2D eigenvalue weighted by Gasteiger charge is 2.47. The first-order valence-corrected chi connectivity index (χ1v) is 6.33. The predicted octanol–water partition coefficient (Wildman–Crippen LogP) is 2.22. The van der Waals surface area contributed by atoms with Crippen molar-refractivity contribution >= 4 is 15.9 Å². The van der Waals surface area contributed by atoms with Crippen LogP contribution >= 0.6 is 15.9 Å². The molecular weight excluding hydrogens is 270 g/mol. The van der Waals surface area contributed by atoms with Gasteiger partial charge in [0.2, 0.25) is 0 Å². The van der Waals surface area contributed by atoms with Crippen molar-refractivity contribution in [3.63, 3.8) is 0 Å². The summed E-state index contributed by atoms with van der Waals surface area (Å²) in [6, 6.07) is 8.37. The second kappa shape index (κ2) is 4.11. The molecular formula is C12H14BrNO2. The summed E-state index contributed by atoms with van der Waals surface area (Å²) in [5, 5.41) is 0. The Morgan fingerprint density at radius 2 is 2.38 bits per heavy atom. The molecule has 0 saturated carbocycles. The molecule has 2 atom stereocenters. The van der Waals surface area contributed by atoms with E-state index in [1.165, 1.54) is 5.56 Å². The minimum Gasteiger partial charge on any atom is -0.379 e. The Hall–Kier alpha value is -0.420. The predicted molar refractivity (Wildman–Crippen MR) is 63.8 cm³/mol. The fourth-order valence-corrected chi connectivity index (χ4v) is 2.98. The molecule has 0 aromatic heterocycles. The fourth-order valence-electron chi connectivity index (χ4n) is 2.58. The van der Waals surface area contributed by atoms with E-state index in [0.717, 1.165) is 24.1 Å². The smallest absolute Gasteiger partial charge is 0.0965 e. The lowest BCUT2D eigenvalue weighted by atomic mass is 9.77. The number of halogens is 1. The van der Waals surface area contributed by atoms with E-state index in [9.17, 15) is 0 Å². The Kier molecular flexibility index (Phi) is 2.75. The van der Waals surface area contributed by atoms with Crippen LogP contribution < -0.4 is 5.48 Å². The molecule has 2 saturated heterocycles. The molecule has 2 heterocycles. The van der Waals surface area contributed by atoms with Crippen LogP contribution in [0.5, 0.6) is 0 Å². The third kappa shape index (κ3) is 1.61. The van der Waals surface area contributed by atoms with E-state index in [1.54, 1.807) is 0 Å². The van der Waals surface area contributed by atoms with Crippen molar-refractivity contribution in [2.75, 3.05) is 19.8 Å². The van der Waals surface area contributed by atoms with Crippen molar-refractivity contribution < 1.29 is 9.57 Å². The number of fused-ring (bicyclic) bond motifs is 1. The molecule has 2 aliphatic rings. The Balaban J connectivity index is 2.02. The average Bonchev–Trinajstić information content (AvgIpc) is 2.73. The van der Waals surface area contributed by atoms with Crippen LogP contribution in [-0.2, 0) is 15.1 Å². The van der Waals surface area contributed by atoms with Crippen molar-refractivity contribution in [3.8, 4) is 0 Å². The second-order valence-corrected chi connectivity index (χ2v) is 5.35. The lowest BCUT2D eigenvalue weighted by Crippen LogP contribution is -2.49. The lowest BCUT2D eigenvalue weighted by Gasteiger charge is -2.37. The van der Waals surface area contributed by atoms with Gasteiger partial charge in [-0.25, -0.2) is 0 Å². The fraction of sp³-hybridized carbons (Fsp3) is 0.500. The van der Waals surface area contributed by atoms with Crippen LogP contribution in [0.4, 0.5) is 0 Å². The molecule has 0 spiro atoms. The summed E-state index contributed by atoms with van der Waals surface area (Å²) in [5.74, 6) is 0.510. The van der Waals surface area contributed by atoms with Gasteiger partial charge in [-0.1, -0.05) is 28.1 Å². The number of ether oxygens (including phenoxy) is 1. The molecule has 0 aliphatic carbocycles. The quantitative estimate of drug-likeness (QED) is 0.857. The number of hydrogen-bond donors (Lipinski definition) is 1. The number of benzene rings is 1. The monoisotopic (exact) mass is 283 g/mol. The Morgan fingerprint density at radius 1 is 1.44 bits per heavy atom. The molecule has 16 heavy (non-hydrogen) atoms. The summed E-state index contributed by atoms with van der Waals surface area (Å²) < 4.78 is 6.72. The van der Waals surface area contributed by atoms with Gasteiger partial charge in [0.15, 0.2) is 0 Å². The third-order valence-corrected chi connectivity index (χ3v) is 4.01. The Bertz CT molecular complexity index is 398. The highest BCUT2D eigenvalue weighted by Crippen LogP contribution is 2.40. The number of rotatable bonds is 1. The number of hydroxylamine groups is 1. The van der Waals surface area contributed by atoms with E-state index in [1.807, 2.05) is 6.07 Å². The minimum atomic E-state index is -0.151. The van der Waals surface area contributed by atoms with Gasteiger partial charge in [-0.15, -0.1) is 0 Å². The van der Waals surface area contributed by atoms with E-state index < -0.39 is 0 Å². The average molecular weight is 284 g/mol. The highest BCUT2D eigenvalue weighted by molar-refractivity contribution is 9.10. The molecule has 2 aliphatic heterocycles. The van der Waals surface area contributed by atoms with Gasteiger partial charge >= 0.3 is 0 Å². The van der Waals surface area contributed by atoms with E-state index >= 15 is 0 Å². The van der Waals surface area contributed by atoms with E-state index in [-0.39, 0.29) is 5.54 Å². The van der Waals surface area contributed by atoms with Crippen LogP contribution in [-0.4, -0.2) is 19.8 Å². The van der Waals surface area contributed by atoms with Crippen LogP contribution in [0.2, 0.25) is 0 Å². The molecule has 0 amide bonds. The molecule has 3 rings (SSSR count). The second-order valence-electron chi connectivity index (χ2n) is 4.43. The van der Waals surface area contributed by atoms with Crippen molar-refractivity contribution in [2.24, 2.45) is 5.92 Å². The van der Waals surface area contributed by atoms with E-state index in [2.05, 4.69) is 39.6 Å². The van der Waals surface area contributed by atoms with Gasteiger partial charge in [0, 0.05) is 17.0 Å². The first-order chi connectivity index (χ1) is 7.81. The number of nitrogens with one attached hydrogen (secondary N) is 1. The van der Waals surface area contributed by atoms with Crippen molar-refractivity contribution in [2.45, 2.75) is 12.0 Å². The molecule has 1 aromatic rings. The third-order valence-electron chi connectivity index (χ3n) is 3.52. The molecule has 1 N–H and O–H groups in total. The summed E-state index contributed by atoms with van der Waals surface area (Å²) in [5.41, 5.74) is 4.26. The maximum Gasteiger partial charge on any atom is 0.0965 e. The van der Waals surface area contributed by atoms with Gasteiger partial charge in [-0.05, 0) is 24.1 Å². The van der Waals surface area contributed by atoms with Gasteiger partial charge < -0.3 is 9.57 Å². The Labute approximate surface area is 103 Å². The van der Waals surface area contributed by atoms with Crippen LogP contribution in [0.3, 0.4) is 0 Å². The van der Waals surface area contributed by atoms with E-state index in [4.69, 9.17) is 9.57 Å². The first-order valence-electron chi connectivity index (χ1n) is 5.54. The van der Waals surface area contributed by atoms with Crippen LogP contribution in [0.1, 0.15) is 12.0 Å². The summed E-state index contributed by atoms with van der Waals surface area (Å²) in [6.45, 7) is 2.30. The highest BCUT2D eigenvalue weighted by atomic mass is 79.9. The zero-order chi connectivity index (χ0) is 11.0. The molecule has 2 unspecified atom stereocenters. The van der Waals surface area contributed by atoms with Gasteiger partial charge in [0.25, 0.3) is 0 Å². The standard InChI is InChI=1S/C12H14BrNO2/c13-11-3-1-2-9(6-11)12-8-15-5-4-10(12)7-16-14-12/h1-3,6,10,14H,4-5,7-8H2. The zero-order valence-corrected chi connectivity index (χ0v) is 10.5. The largest absolute Gasteiger partial charge is 0.379 e. The summed E-state index contributed by atoms with van der Waals surface area (Å²) >= 11 is 3.51. The summed E-state index contributed by atoms with van der Waals surface area (Å²) in [4.78, 5) is 5.44. The lowest BCUT2D eigenvalue weighted by molar-refractivity contribution is -0.0210. The summed E-state index contributed by atoms with van der Waals surface area (Å²) in [6.07, 6.45) is 1.06. The normalized spacial score (nSPS) is 33.7. The topological polar surface area (TPSA) is 30.5 Å². The maximum atomic E-state index is 5.62. The van der Waals surface area contributed by atoms with Crippen LogP contribution in [0, 0.1) is 5.92 Å². The summed E-state index contributed by atoms with van der Waals surface area (Å²) in [7, 11) is 0. The first kappa shape index (κ1) is 10.7. The SMILES string of the molecule is Brc1cccc(C23COCCC2CON3)c1. The van der Waals surface area contributed by atoms with Gasteiger partial charge in [-0.2, -0.15) is 5.48 Å². The van der Waals surface area contributed by atoms with Gasteiger partial charge in [-0.3, -0.25) is 0 Å². The van der Waals surface area contributed by atoms with Crippen LogP contribution in [0.15, 0.2) is 28.7 Å². The molecule has 2 fully saturated rings. The minimum absolute atomic E-state index is 0.151. The molecule has 3 nitrogen and oxygen atoms in total. The van der Waals surface area contributed by atoms with Crippen molar-refractivity contribution in [1.29, 1.82) is 0 Å². The Morgan fingerprint density at radius 3 is 3.25 bits per heavy atom. The van der Waals surface area contributed by atoms with Crippen LogP contribution in [0.25, 0.3) is 0 Å². The zero-order valence-electron chi connectivity index (χ0n) is 8.91. The van der Waals surface area contributed by atoms with Crippen molar-refractivity contribution in [3.05, 3.63) is 34.3 Å². The molecule has 1 aromatic carbocycles.